The summed E-state index contributed by atoms with van der Waals surface area (Å²) in [6.45, 7) is 8.98. The molecule has 5 nitrogen and oxygen atoms in total. The zero-order valence-electron chi connectivity index (χ0n) is 38.5. The maximum atomic E-state index is 14.1. The van der Waals surface area contributed by atoms with Crippen molar-refractivity contribution < 1.29 is 49.0 Å². The molecule has 0 N–H and O–H groups in total. The first-order chi connectivity index (χ1) is 32.2. The first-order valence-electron chi connectivity index (χ1n) is 22.3. The summed E-state index contributed by atoms with van der Waals surface area (Å²) in [4.78, 5) is 11.8. The van der Waals surface area contributed by atoms with Crippen LogP contribution in [0, 0.1) is 0 Å². The third kappa shape index (κ3) is 13.2. The van der Waals surface area contributed by atoms with Gasteiger partial charge in [0, 0.05) is 13.0 Å². The Morgan fingerprint density at radius 3 is 1.53 bits per heavy atom. The van der Waals surface area contributed by atoms with Crippen LogP contribution in [0.5, 0.6) is 0 Å². The van der Waals surface area contributed by atoms with Gasteiger partial charge in [-0.15, -0.1) is 5.11 Å². The van der Waals surface area contributed by atoms with Crippen LogP contribution in [-0.4, -0.2) is 48.6 Å². The van der Waals surface area contributed by atoms with E-state index in [-0.39, 0.29) is 18.1 Å². The fourth-order valence-corrected chi connectivity index (χ4v) is 7.28. The average Bonchev–Trinajstić information content (AvgIpc) is 3.33. The van der Waals surface area contributed by atoms with Crippen molar-refractivity contribution in [3.05, 3.63) is 170 Å². The number of aryl methyl sites for hydroxylation is 4. The Bertz CT molecular complexity index is 2580. The number of halogens is 9. The van der Waals surface area contributed by atoms with Crippen LogP contribution in [-0.2, 0) is 37.0 Å². The maximum absolute atomic E-state index is 14.1. The molecule has 0 saturated heterocycles. The predicted octanol–water partition coefficient (Wildman–Crippen LogP) is 16.0. The van der Waals surface area contributed by atoms with Crippen LogP contribution in [0.15, 0.2) is 113 Å². The van der Waals surface area contributed by atoms with Crippen molar-refractivity contribution in [3.8, 4) is 0 Å². The van der Waals surface area contributed by atoms with Crippen LogP contribution in [0.3, 0.4) is 0 Å². The minimum Gasteiger partial charge on any atom is -0.465 e. The lowest BCUT2D eigenvalue weighted by Gasteiger charge is -2.33. The predicted molar refractivity (Wildman–Crippen MR) is 253 cm³/mol. The van der Waals surface area contributed by atoms with Gasteiger partial charge in [-0.25, -0.2) is 4.79 Å². The van der Waals surface area contributed by atoms with Gasteiger partial charge in [-0.05, 0) is 118 Å². The van der Waals surface area contributed by atoms with Gasteiger partial charge in [-0.2, -0.15) is 39.5 Å². The van der Waals surface area contributed by atoms with Gasteiger partial charge in [0.2, 0.25) is 0 Å². The molecule has 0 unspecified atom stereocenters. The minimum absolute atomic E-state index is 0.0543. The van der Waals surface area contributed by atoms with E-state index in [1.54, 1.807) is 17.1 Å². The number of methoxy groups -OCH3 is 1. The molecule has 0 spiro atoms. The van der Waals surface area contributed by atoms with Crippen LogP contribution in [0.25, 0.3) is 36.5 Å². The summed E-state index contributed by atoms with van der Waals surface area (Å²) in [7, 11) is 1.37. The molecule has 0 aliphatic carbocycles. The van der Waals surface area contributed by atoms with Gasteiger partial charge in [0.05, 0.1) is 24.9 Å². The lowest BCUT2D eigenvalue weighted by molar-refractivity contribution is -0.396. The van der Waals surface area contributed by atoms with Gasteiger partial charge < -0.3 is 4.74 Å². The third-order valence-electron chi connectivity index (χ3n) is 11.4. The van der Waals surface area contributed by atoms with Gasteiger partial charge in [0.25, 0.3) is 0 Å². The van der Waals surface area contributed by atoms with Crippen molar-refractivity contribution in [1.29, 1.82) is 0 Å². The number of alkyl halides is 9. The summed E-state index contributed by atoms with van der Waals surface area (Å²) >= 11 is 0. The highest BCUT2D eigenvalue weighted by atomic mass is 19.4. The van der Waals surface area contributed by atoms with Crippen LogP contribution in [0.2, 0.25) is 0 Å². The van der Waals surface area contributed by atoms with Crippen molar-refractivity contribution in [1.82, 2.24) is 5.01 Å². The third-order valence-corrected chi connectivity index (χ3v) is 11.4. The normalized spacial score (nSPS) is 12.9. The molecule has 0 heterocycles. The Hall–Kier alpha value is -6.44. The summed E-state index contributed by atoms with van der Waals surface area (Å²) in [5.41, 5.74) is 11.7. The zero-order valence-corrected chi connectivity index (χ0v) is 38.5. The fourth-order valence-electron chi connectivity index (χ4n) is 7.28. The molecule has 5 aromatic rings. The standard InChI is InChI=1S/C54H54F9N3O2/c1-6-32-66(36-42-18-15-40(16-19-42)30-31-51(55,56)52(57,58)53(59,60)54(61,62)63)65-64-49-29-24-41(33-45(49)9-4)17-14-37-10-12-38(13-11-37)22-27-47-34-44(8-3)48(35-43(47)7-2)28-23-39-20-25-46(26-21-39)50(67)68-5/h10-29,33-35H,6-9,30-32,36H2,1-5H3/b17-14+,27-22+,28-23+,65-64?. The van der Waals surface area contributed by atoms with E-state index in [9.17, 15) is 44.3 Å². The summed E-state index contributed by atoms with van der Waals surface area (Å²) in [6.07, 6.45) is 6.00. The summed E-state index contributed by atoms with van der Waals surface area (Å²) < 4.78 is 124. The number of hydrogen-bond donors (Lipinski definition) is 0. The Morgan fingerprint density at radius 1 is 0.574 bits per heavy atom. The number of nitrogens with zero attached hydrogens (tertiary/aromatic N) is 3. The molecule has 0 aromatic heterocycles. The van der Waals surface area contributed by atoms with E-state index < -0.39 is 36.8 Å². The summed E-state index contributed by atoms with van der Waals surface area (Å²) in [5.74, 6) is -19.5. The molecule has 360 valence electrons. The molecule has 0 fully saturated rings. The van der Waals surface area contributed by atoms with Gasteiger partial charge in [0.1, 0.15) is 0 Å². The van der Waals surface area contributed by atoms with Crippen molar-refractivity contribution >= 4 is 48.1 Å². The monoisotopic (exact) mass is 947 g/mol. The Balaban J connectivity index is 1.19. The zero-order chi connectivity index (χ0) is 49.7. The Kier molecular flexibility index (Phi) is 17.8. The number of hydrogen-bond acceptors (Lipinski definition) is 4. The molecule has 0 aliphatic rings. The molecule has 14 heteroatoms. The quantitative estimate of drug-likeness (QED) is 0.0242. The number of carbonyl (C=O) groups is 1. The number of esters is 1. The number of benzene rings is 5. The minimum atomic E-state index is -6.91. The van der Waals surface area contributed by atoms with E-state index in [2.05, 4.69) is 78.8 Å². The summed E-state index contributed by atoms with van der Waals surface area (Å²) in [6, 6.07) is 31.6. The fraction of sp³-hybridized carbons (Fsp3) is 0.315. The van der Waals surface area contributed by atoms with Crippen molar-refractivity contribution in [2.75, 3.05) is 13.7 Å². The molecular formula is C54H54F9N3O2. The molecule has 0 atom stereocenters. The lowest BCUT2D eigenvalue weighted by Crippen LogP contribution is -2.60. The van der Waals surface area contributed by atoms with Gasteiger partial charge in [0.15, 0.2) is 0 Å². The highest BCUT2D eigenvalue weighted by molar-refractivity contribution is 5.89. The molecule has 0 saturated carbocycles. The van der Waals surface area contributed by atoms with Crippen LogP contribution in [0.1, 0.15) is 112 Å². The molecule has 68 heavy (non-hydrogen) atoms. The lowest BCUT2D eigenvalue weighted by atomic mass is 9.94. The van der Waals surface area contributed by atoms with E-state index in [4.69, 9.17) is 4.74 Å². The van der Waals surface area contributed by atoms with Gasteiger partial charge in [-0.1, -0.05) is 148 Å². The first-order valence-corrected chi connectivity index (χ1v) is 22.3. The highest BCUT2D eigenvalue weighted by Crippen LogP contribution is 2.54. The van der Waals surface area contributed by atoms with Crippen molar-refractivity contribution in [3.63, 3.8) is 0 Å². The van der Waals surface area contributed by atoms with E-state index >= 15 is 0 Å². The molecule has 0 bridgehead atoms. The van der Waals surface area contributed by atoms with Gasteiger partial charge in [-0.3, -0.25) is 5.01 Å². The van der Waals surface area contributed by atoms with E-state index in [0.717, 1.165) is 46.2 Å². The van der Waals surface area contributed by atoms with E-state index in [0.29, 0.717) is 36.2 Å². The second-order valence-electron chi connectivity index (χ2n) is 16.2. The number of carbonyl (C=O) groups excluding carboxylic acids is 1. The number of rotatable bonds is 21. The Morgan fingerprint density at radius 2 is 1.04 bits per heavy atom. The van der Waals surface area contributed by atoms with E-state index in [1.165, 1.54) is 48.1 Å². The molecule has 5 aromatic carbocycles. The summed E-state index contributed by atoms with van der Waals surface area (Å²) in [5, 5.41) is 10.6. The molecule has 0 aliphatic heterocycles. The molecule has 0 radical (unpaired) electrons. The second kappa shape index (κ2) is 23.0. The largest absolute Gasteiger partial charge is 0.465 e. The van der Waals surface area contributed by atoms with Crippen molar-refractivity contribution in [2.45, 2.75) is 96.7 Å². The SMILES string of the molecule is CCCN(Cc1ccc(CCC(F)(F)C(F)(F)C(F)(F)C(F)(F)F)cc1)N=Nc1ccc(/C=C/c2ccc(/C=C/c3cc(CC)c(/C=C/c4ccc(C(=O)OC)cc4)cc3CC)cc2)cc1CC. The topological polar surface area (TPSA) is 54.3 Å². The van der Waals surface area contributed by atoms with Crippen molar-refractivity contribution in [2.24, 2.45) is 10.3 Å². The average molecular weight is 948 g/mol. The highest BCUT2D eigenvalue weighted by Gasteiger charge is 2.81. The molecular weight excluding hydrogens is 894 g/mol. The van der Waals surface area contributed by atoms with E-state index in [1.807, 2.05) is 62.4 Å². The molecule has 5 rings (SSSR count). The van der Waals surface area contributed by atoms with Crippen LogP contribution >= 0.6 is 0 Å². The van der Waals surface area contributed by atoms with Crippen LogP contribution < -0.4 is 0 Å². The smallest absolute Gasteiger partial charge is 0.460 e. The van der Waals surface area contributed by atoms with Crippen LogP contribution in [0.4, 0.5) is 45.2 Å². The Labute approximate surface area is 391 Å². The van der Waals surface area contributed by atoms with Gasteiger partial charge >= 0.3 is 29.9 Å². The maximum Gasteiger partial charge on any atom is 0.460 e. The molecule has 0 amide bonds. The number of ether oxygens (including phenoxy) is 1. The first kappa shape index (κ1) is 52.5. The second-order valence-corrected chi connectivity index (χ2v) is 16.2.